The van der Waals surface area contributed by atoms with Gasteiger partial charge < -0.3 is 19.5 Å². The van der Waals surface area contributed by atoms with E-state index in [0.717, 1.165) is 0 Å². The van der Waals surface area contributed by atoms with Crippen molar-refractivity contribution in [2.75, 3.05) is 23.0 Å². The summed E-state index contributed by atoms with van der Waals surface area (Å²) < 4.78 is 66.4. The second-order valence-electron chi connectivity index (χ2n) is 8.14. The summed E-state index contributed by atoms with van der Waals surface area (Å²) in [6, 6.07) is 6.81. The minimum absolute atomic E-state index is 0.0858. The Kier molecular flexibility index (Phi) is 5.65. The molecule has 7 nitrogen and oxygen atoms in total. The zero-order chi connectivity index (χ0) is 25.0. The fourth-order valence-electron chi connectivity index (χ4n) is 3.83. The van der Waals surface area contributed by atoms with Crippen LogP contribution >= 0.6 is 12.2 Å². The topological polar surface area (TPSA) is 86.0 Å². The van der Waals surface area contributed by atoms with Crippen molar-refractivity contribution in [2.24, 2.45) is 0 Å². The molecule has 2 aliphatic rings. The van der Waals surface area contributed by atoms with E-state index in [-0.39, 0.29) is 18.3 Å². The number of alkyl halides is 3. The molecule has 34 heavy (non-hydrogen) atoms. The molecule has 2 aliphatic heterocycles. The van der Waals surface area contributed by atoms with Gasteiger partial charge in [0, 0.05) is 11.8 Å². The van der Waals surface area contributed by atoms with E-state index in [1.165, 1.54) is 30.9 Å². The number of rotatable bonds is 3. The van der Waals surface area contributed by atoms with E-state index in [4.69, 9.17) is 27.0 Å². The molecule has 1 N–H and O–H groups in total. The Morgan fingerprint density at radius 1 is 1.26 bits per heavy atom. The van der Waals surface area contributed by atoms with Crippen molar-refractivity contribution in [3.05, 3.63) is 47.3 Å². The van der Waals surface area contributed by atoms with Gasteiger partial charge in [-0.2, -0.15) is 18.4 Å². The Hall–Kier alpha value is -3.43. The molecule has 1 saturated heterocycles. The second-order valence-corrected chi connectivity index (χ2v) is 8.51. The fraction of sp³-hybridized carbons (Fsp3) is 0.318. The maximum absolute atomic E-state index is 14.8. The number of nitrogens with zero attached hydrogens (tertiary/aromatic N) is 3. The second kappa shape index (κ2) is 8.11. The van der Waals surface area contributed by atoms with E-state index in [2.05, 4.69) is 0 Å². The number of aliphatic hydroxyl groups excluding tert-OH is 1. The van der Waals surface area contributed by atoms with Gasteiger partial charge in [0.25, 0.3) is 5.91 Å². The number of benzene rings is 2. The Bertz CT molecular complexity index is 1240. The van der Waals surface area contributed by atoms with Crippen molar-refractivity contribution in [3.8, 4) is 17.6 Å². The largest absolute Gasteiger partial charge is 0.486 e. The zero-order valence-corrected chi connectivity index (χ0v) is 18.6. The van der Waals surface area contributed by atoms with Crippen molar-refractivity contribution in [3.63, 3.8) is 0 Å². The van der Waals surface area contributed by atoms with Crippen LogP contribution in [-0.2, 0) is 11.0 Å². The minimum atomic E-state index is -4.95. The molecule has 2 aromatic rings. The van der Waals surface area contributed by atoms with E-state index in [1.807, 2.05) is 0 Å². The molecule has 1 amide bonds. The van der Waals surface area contributed by atoms with E-state index >= 15 is 0 Å². The molecule has 0 radical (unpaired) electrons. The number of halogens is 4. The van der Waals surface area contributed by atoms with Gasteiger partial charge in [-0.3, -0.25) is 9.69 Å². The summed E-state index contributed by atoms with van der Waals surface area (Å²) in [4.78, 5) is 15.3. The predicted molar refractivity (Wildman–Crippen MR) is 116 cm³/mol. The van der Waals surface area contributed by atoms with Gasteiger partial charge in [0.15, 0.2) is 22.7 Å². The number of fused-ring (bicyclic) bond motifs is 1. The molecular weight excluding hydrogens is 478 g/mol. The van der Waals surface area contributed by atoms with Crippen LogP contribution in [0.4, 0.5) is 28.9 Å². The number of thiocarbonyl (C=S) groups is 1. The third kappa shape index (κ3) is 3.70. The molecule has 2 heterocycles. The normalized spacial score (nSPS) is 19.4. The van der Waals surface area contributed by atoms with E-state index in [1.54, 1.807) is 12.1 Å². The zero-order valence-electron chi connectivity index (χ0n) is 17.8. The van der Waals surface area contributed by atoms with Crippen molar-refractivity contribution in [1.82, 2.24) is 0 Å². The van der Waals surface area contributed by atoms with Crippen LogP contribution in [0.15, 0.2) is 30.3 Å². The van der Waals surface area contributed by atoms with Crippen LogP contribution in [0, 0.1) is 17.1 Å². The molecule has 0 aliphatic carbocycles. The van der Waals surface area contributed by atoms with Crippen LogP contribution in [0.2, 0.25) is 0 Å². The van der Waals surface area contributed by atoms with Crippen LogP contribution < -0.4 is 19.3 Å². The first-order valence-corrected chi connectivity index (χ1v) is 10.3. The van der Waals surface area contributed by atoms with Gasteiger partial charge in [-0.1, -0.05) is 0 Å². The van der Waals surface area contributed by atoms with Gasteiger partial charge in [-0.25, -0.2) is 4.39 Å². The standard InChI is InChI=1S/C22H17F4N3O4S/c1-21(2)19(31)28(16-7-14(22(24,25)26)11(8-27)5-15(16)23)20(34)29(21)12-3-4-17-18(6-12)32-10-13(9-30)33-17/h3-7,13,30H,9-10H2,1-2H3/t13-/m1/s1. The molecule has 0 bridgehead atoms. The first kappa shape index (κ1) is 23.7. The van der Waals surface area contributed by atoms with Gasteiger partial charge in [0.1, 0.15) is 18.0 Å². The molecule has 0 spiro atoms. The number of hydrogen-bond acceptors (Lipinski definition) is 6. The van der Waals surface area contributed by atoms with Crippen molar-refractivity contribution in [1.29, 1.82) is 5.26 Å². The Balaban J connectivity index is 1.78. The number of amides is 1. The molecule has 0 unspecified atom stereocenters. The number of carbonyl (C=O) groups is 1. The minimum Gasteiger partial charge on any atom is -0.486 e. The quantitative estimate of drug-likeness (QED) is 0.513. The molecule has 1 atom stereocenters. The number of hydrogen-bond donors (Lipinski definition) is 1. The van der Waals surface area contributed by atoms with Crippen LogP contribution in [0.1, 0.15) is 25.0 Å². The highest BCUT2D eigenvalue weighted by atomic mass is 32.1. The maximum atomic E-state index is 14.8. The number of carbonyl (C=O) groups excluding carboxylic acids is 1. The van der Waals surface area contributed by atoms with Gasteiger partial charge >= 0.3 is 6.18 Å². The van der Waals surface area contributed by atoms with Crippen LogP contribution in [0.5, 0.6) is 11.5 Å². The molecule has 1 fully saturated rings. The summed E-state index contributed by atoms with van der Waals surface area (Å²) in [6.45, 7) is 2.82. The maximum Gasteiger partial charge on any atom is 0.417 e. The third-order valence-electron chi connectivity index (χ3n) is 5.53. The fourth-order valence-corrected chi connectivity index (χ4v) is 4.35. The lowest BCUT2D eigenvalue weighted by Gasteiger charge is -2.31. The van der Waals surface area contributed by atoms with Gasteiger partial charge in [0.2, 0.25) is 0 Å². The molecule has 178 valence electrons. The monoisotopic (exact) mass is 495 g/mol. The van der Waals surface area contributed by atoms with E-state index in [0.29, 0.717) is 34.2 Å². The SMILES string of the molecule is CC1(C)C(=O)N(c2cc(C(F)(F)F)c(C#N)cc2F)C(=S)N1c1ccc2c(c1)OC[C@@H](CO)O2. The van der Waals surface area contributed by atoms with Gasteiger partial charge in [-0.05, 0) is 50.3 Å². The lowest BCUT2D eigenvalue weighted by molar-refractivity contribution is -0.137. The first-order valence-electron chi connectivity index (χ1n) is 9.94. The Labute approximate surface area is 196 Å². The van der Waals surface area contributed by atoms with Crippen molar-refractivity contribution in [2.45, 2.75) is 31.7 Å². The highest BCUT2D eigenvalue weighted by molar-refractivity contribution is 7.81. The average molecular weight is 495 g/mol. The van der Waals surface area contributed by atoms with Crippen LogP contribution in [0.3, 0.4) is 0 Å². The van der Waals surface area contributed by atoms with Gasteiger partial charge in [0.05, 0.1) is 29.5 Å². The lowest BCUT2D eigenvalue weighted by atomic mass is 10.0. The predicted octanol–water partition coefficient (Wildman–Crippen LogP) is 3.76. The lowest BCUT2D eigenvalue weighted by Crippen LogP contribution is -2.44. The number of anilines is 2. The summed E-state index contributed by atoms with van der Waals surface area (Å²) in [5, 5.41) is 18.0. The molecule has 0 aromatic heterocycles. The van der Waals surface area contributed by atoms with Crippen molar-refractivity contribution >= 4 is 34.6 Å². The summed E-state index contributed by atoms with van der Waals surface area (Å²) in [6.07, 6.45) is -5.49. The highest BCUT2D eigenvalue weighted by Crippen LogP contribution is 2.43. The summed E-state index contributed by atoms with van der Waals surface area (Å²) in [5.74, 6) is -1.29. The number of aliphatic hydroxyl groups is 1. The first-order chi connectivity index (χ1) is 15.9. The smallest absolute Gasteiger partial charge is 0.417 e. The van der Waals surface area contributed by atoms with E-state index in [9.17, 15) is 27.5 Å². The molecule has 12 heteroatoms. The van der Waals surface area contributed by atoms with Crippen molar-refractivity contribution < 1.29 is 36.9 Å². The summed E-state index contributed by atoms with van der Waals surface area (Å²) in [7, 11) is 0. The molecule has 2 aromatic carbocycles. The Morgan fingerprint density at radius 3 is 2.59 bits per heavy atom. The summed E-state index contributed by atoms with van der Waals surface area (Å²) >= 11 is 5.41. The van der Waals surface area contributed by atoms with Crippen LogP contribution in [-0.4, -0.2) is 41.0 Å². The third-order valence-corrected chi connectivity index (χ3v) is 5.89. The molecular formula is C22H17F4N3O4S. The summed E-state index contributed by atoms with van der Waals surface area (Å²) in [5.41, 5.74) is -4.03. The highest BCUT2D eigenvalue weighted by Gasteiger charge is 2.51. The number of ether oxygens (including phenoxy) is 2. The molecule has 4 rings (SSSR count). The van der Waals surface area contributed by atoms with Gasteiger partial charge in [-0.15, -0.1) is 0 Å². The molecule has 0 saturated carbocycles. The Morgan fingerprint density at radius 2 is 1.97 bits per heavy atom. The van der Waals surface area contributed by atoms with E-state index < -0.39 is 46.4 Å². The van der Waals surface area contributed by atoms with Crippen LogP contribution in [0.25, 0.3) is 0 Å². The average Bonchev–Trinajstić information content (AvgIpc) is 2.95. The number of nitriles is 1.